The van der Waals surface area contributed by atoms with Crippen LogP contribution in [0.5, 0.6) is 0 Å². The molecule has 0 heterocycles. The minimum absolute atomic E-state index is 0.156. The van der Waals surface area contributed by atoms with E-state index in [-0.39, 0.29) is 5.57 Å². The number of rotatable bonds is 11. The molecule has 1 rings (SSSR count). The standard InChI is InChI=1S/C16H29F2NO4/c1-2-3-4-5-6-7-8-19-12-9-11(10-23-16(17)18)13(20)15(22)14(12)21/h9,12-16,19-22H,2-8,10H2,1H3/t12-,13+,14+,15+/m1/s1. The molecule has 4 N–H and O–H groups in total. The maximum Gasteiger partial charge on any atom is 0.345 e. The van der Waals surface area contributed by atoms with Crippen molar-refractivity contribution in [3.05, 3.63) is 11.6 Å². The average molecular weight is 337 g/mol. The minimum atomic E-state index is -2.94. The maximum atomic E-state index is 12.1. The van der Waals surface area contributed by atoms with Crippen LogP contribution < -0.4 is 5.32 Å². The van der Waals surface area contributed by atoms with Crippen LogP contribution in [-0.2, 0) is 4.74 Å². The molecule has 136 valence electrons. The maximum absolute atomic E-state index is 12.1. The van der Waals surface area contributed by atoms with E-state index in [4.69, 9.17) is 0 Å². The van der Waals surface area contributed by atoms with Crippen molar-refractivity contribution in [1.29, 1.82) is 0 Å². The summed E-state index contributed by atoms with van der Waals surface area (Å²) in [7, 11) is 0. The molecule has 7 heteroatoms. The lowest BCUT2D eigenvalue weighted by Gasteiger charge is -2.35. The molecule has 1 aliphatic carbocycles. The molecule has 0 aromatic carbocycles. The highest BCUT2D eigenvalue weighted by molar-refractivity contribution is 5.21. The summed E-state index contributed by atoms with van der Waals surface area (Å²) < 4.78 is 28.4. The second kappa shape index (κ2) is 11.0. The lowest BCUT2D eigenvalue weighted by Crippen LogP contribution is -2.54. The van der Waals surface area contributed by atoms with Gasteiger partial charge >= 0.3 is 6.61 Å². The van der Waals surface area contributed by atoms with Crippen molar-refractivity contribution in [1.82, 2.24) is 5.32 Å². The zero-order chi connectivity index (χ0) is 17.2. The van der Waals surface area contributed by atoms with Crippen LogP contribution >= 0.6 is 0 Å². The molecule has 1 aliphatic rings. The molecular weight excluding hydrogens is 308 g/mol. The Labute approximate surface area is 136 Å². The Morgan fingerprint density at radius 2 is 1.74 bits per heavy atom. The number of aliphatic hydroxyl groups is 3. The van der Waals surface area contributed by atoms with E-state index in [0.29, 0.717) is 6.54 Å². The Morgan fingerprint density at radius 1 is 1.09 bits per heavy atom. The Morgan fingerprint density at radius 3 is 2.39 bits per heavy atom. The third kappa shape index (κ3) is 7.22. The summed E-state index contributed by atoms with van der Waals surface area (Å²) in [5, 5.41) is 32.7. The number of halogens is 2. The molecule has 0 aromatic heterocycles. The van der Waals surface area contributed by atoms with Crippen LogP contribution in [0.3, 0.4) is 0 Å². The first kappa shape index (κ1) is 20.4. The molecule has 23 heavy (non-hydrogen) atoms. The number of hydrogen-bond donors (Lipinski definition) is 4. The van der Waals surface area contributed by atoms with Crippen LogP contribution in [-0.4, -0.2) is 59.4 Å². The predicted octanol–water partition coefficient (Wildman–Crippen LogP) is 1.57. The fraction of sp³-hybridized carbons (Fsp3) is 0.875. The van der Waals surface area contributed by atoms with Gasteiger partial charge in [-0.2, -0.15) is 8.78 Å². The number of unbranched alkanes of at least 4 members (excludes halogenated alkanes) is 5. The fourth-order valence-corrected chi connectivity index (χ4v) is 2.69. The van der Waals surface area contributed by atoms with Gasteiger partial charge in [0.05, 0.1) is 12.6 Å². The predicted molar refractivity (Wildman–Crippen MR) is 83.2 cm³/mol. The van der Waals surface area contributed by atoms with Gasteiger partial charge < -0.3 is 25.4 Å². The molecule has 5 nitrogen and oxygen atoms in total. The van der Waals surface area contributed by atoms with Crippen molar-refractivity contribution in [2.24, 2.45) is 0 Å². The Kier molecular flexibility index (Phi) is 9.81. The third-order valence-electron chi connectivity index (χ3n) is 4.10. The van der Waals surface area contributed by atoms with Gasteiger partial charge in [-0.25, -0.2) is 0 Å². The minimum Gasteiger partial charge on any atom is -0.388 e. The van der Waals surface area contributed by atoms with Crippen molar-refractivity contribution < 1.29 is 28.8 Å². The van der Waals surface area contributed by atoms with Crippen LogP contribution in [0, 0.1) is 0 Å². The highest BCUT2D eigenvalue weighted by Crippen LogP contribution is 2.21. The van der Waals surface area contributed by atoms with Gasteiger partial charge in [0.15, 0.2) is 0 Å². The van der Waals surface area contributed by atoms with Crippen molar-refractivity contribution in [2.75, 3.05) is 13.2 Å². The van der Waals surface area contributed by atoms with Gasteiger partial charge in [-0.1, -0.05) is 45.1 Å². The molecule has 0 fully saturated rings. The number of hydrogen-bond acceptors (Lipinski definition) is 5. The first-order valence-electron chi connectivity index (χ1n) is 8.35. The van der Waals surface area contributed by atoms with Crippen molar-refractivity contribution in [3.63, 3.8) is 0 Å². The van der Waals surface area contributed by atoms with Crippen LogP contribution in [0.15, 0.2) is 11.6 Å². The number of nitrogens with one attached hydrogen (secondary N) is 1. The molecule has 0 spiro atoms. The number of aliphatic hydroxyl groups excluding tert-OH is 3. The molecule has 0 saturated carbocycles. The molecule has 4 atom stereocenters. The van der Waals surface area contributed by atoms with E-state index in [2.05, 4.69) is 17.0 Å². The molecule has 0 radical (unpaired) electrons. The Hall–Kier alpha value is -0.600. The molecule has 0 amide bonds. The summed E-state index contributed by atoms with van der Waals surface area (Å²) in [4.78, 5) is 0. The summed E-state index contributed by atoms with van der Waals surface area (Å²) in [6.45, 7) is -0.608. The number of ether oxygens (including phenoxy) is 1. The first-order chi connectivity index (χ1) is 11.0. The zero-order valence-electron chi connectivity index (χ0n) is 13.6. The van der Waals surface area contributed by atoms with Gasteiger partial charge in [0.2, 0.25) is 0 Å². The lowest BCUT2D eigenvalue weighted by molar-refractivity contribution is -0.129. The summed E-state index contributed by atoms with van der Waals surface area (Å²) in [5.74, 6) is 0. The monoisotopic (exact) mass is 337 g/mol. The normalized spacial score (nSPS) is 28.2. The summed E-state index contributed by atoms with van der Waals surface area (Å²) >= 11 is 0. The highest BCUT2D eigenvalue weighted by atomic mass is 19.3. The van der Waals surface area contributed by atoms with Crippen LogP contribution in [0.2, 0.25) is 0 Å². The average Bonchev–Trinajstić information content (AvgIpc) is 2.52. The summed E-state index contributed by atoms with van der Waals surface area (Å²) in [5.41, 5.74) is 0.156. The zero-order valence-corrected chi connectivity index (χ0v) is 13.6. The van der Waals surface area contributed by atoms with E-state index in [9.17, 15) is 24.1 Å². The smallest absolute Gasteiger partial charge is 0.345 e. The molecule has 0 unspecified atom stereocenters. The molecular formula is C16H29F2NO4. The lowest BCUT2D eigenvalue weighted by atomic mass is 9.88. The van der Waals surface area contributed by atoms with Gasteiger partial charge in [-0.3, -0.25) is 0 Å². The van der Waals surface area contributed by atoms with E-state index in [1.165, 1.54) is 25.3 Å². The van der Waals surface area contributed by atoms with Crippen molar-refractivity contribution in [2.45, 2.75) is 76.4 Å². The van der Waals surface area contributed by atoms with E-state index < -0.39 is 37.6 Å². The van der Waals surface area contributed by atoms with E-state index in [1.54, 1.807) is 0 Å². The molecule has 0 aromatic rings. The number of alkyl halides is 2. The van der Waals surface area contributed by atoms with Gasteiger partial charge in [-0.15, -0.1) is 0 Å². The SMILES string of the molecule is CCCCCCCCN[C@@H]1C=C(COC(F)F)[C@H](O)[C@H](O)[C@H]1O. The molecule has 0 bridgehead atoms. The largest absolute Gasteiger partial charge is 0.388 e. The van der Waals surface area contributed by atoms with Crippen molar-refractivity contribution >= 4 is 0 Å². The van der Waals surface area contributed by atoms with Crippen molar-refractivity contribution in [3.8, 4) is 0 Å². The van der Waals surface area contributed by atoms with Crippen LogP contribution in [0.25, 0.3) is 0 Å². The Balaban J connectivity index is 2.41. The second-order valence-corrected chi connectivity index (χ2v) is 5.99. The first-order valence-corrected chi connectivity index (χ1v) is 8.35. The van der Waals surface area contributed by atoms with E-state index in [0.717, 1.165) is 19.3 Å². The third-order valence-corrected chi connectivity index (χ3v) is 4.10. The van der Waals surface area contributed by atoms with Gasteiger partial charge in [0.25, 0.3) is 0 Å². The van der Waals surface area contributed by atoms with Gasteiger partial charge in [0, 0.05) is 0 Å². The fourth-order valence-electron chi connectivity index (χ4n) is 2.69. The Bertz CT molecular complexity index is 355. The summed E-state index contributed by atoms with van der Waals surface area (Å²) in [6.07, 6.45) is 4.29. The highest BCUT2D eigenvalue weighted by Gasteiger charge is 2.37. The van der Waals surface area contributed by atoms with E-state index >= 15 is 0 Å². The second-order valence-electron chi connectivity index (χ2n) is 5.99. The van der Waals surface area contributed by atoms with Crippen LogP contribution in [0.4, 0.5) is 8.78 Å². The molecule has 0 aliphatic heterocycles. The molecule has 0 saturated heterocycles. The van der Waals surface area contributed by atoms with Gasteiger partial charge in [0.1, 0.15) is 18.3 Å². The van der Waals surface area contributed by atoms with Crippen LogP contribution in [0.1, 0.15) is 45.4 Å². The topological polar surface area (TPSA) is 82.0 Å². The quantitative estimate of drug-likeness (QED) is 0.340. The van der Waals surface area contributed by atoms with E-state index in [1.807, 2.05) is 0 Å². The summed E-state index contributed by atoms with van der Waals surface area (Å²) in [6, 6.07) is -0.583. The van der Waals surface area contributed by atoms with Gasteiger partial charge in [-0.05, 0) is 18.5 Å².